The van der Waals surface area contributed by atoms with Crippen molar-refractivity contribution >= 4 is 51.2 Å². The van der Waals surface area contributed by atoms with E-state index in [-0.39, 0.29) is 24.1 Å². The third-order valence-electron chi connectivity index (χ3n) is 2.76. The van der Waals surface area contributed by atoms with Gasteiger partial charge in [-0.05, 0) is 28.7 Å². The first kappa shape index (κ1) is 14.5. The lowest BCUT2D eigenvalue weighted by Gasteiger charge is -2.06. The van der Waals surface area contributed by atoms with Crippen LogP contribution >= 0.6 is 34.2 Å². The standard InChI is InChI=1S/C12H11ClFIN2O2/c1-19-12(18)2-3-17-10-4-7(14)8(15)5-9(10)16-11(17)6-13/h4-5H,2-3,6H2,1H3. The number of hydrogen-bond acceptors (Lipinski definition) is 3. The Morgan fingerprint density at radius 2 is 2.32 bits per heavy atom. The minimum atomic E-state index is -0.326. The van der Waals surface area contributed by atoms with Gasteiger partial charge in [-0.15, -0.1) is 11.6 Å². The molecule has 1 aromatic heterocycles. The summed E-state index contributed by atoms with van der Waals surface area (Å²) in [5, 5.41) is 0. The van der Waals surface area contributed by atoms with Crippen LogP contribution in [-0.2, 0) is 22.0 Å². The number of benzene rings is 1. The molecule has 0 bridgehead atoms. The Bertz CT molecular complexity index is 630. The maximum atomic E-state index is 13.6. The molecule has 0 aliphatic heterocycles. The zero-order valence-corrected chi connectivity index (χ0v) is 13.0. The van der Waals surface area contributed by atoms with Gasteiger partial charge in [-0.2, -0.15) is 0 Å². The molecule has 7 heteroatoms. The lowest BCUT2D eigenvalue weighted by Crippen LogP contribution is -2.09. The number of aryl methyl sites for hydroxylation is 1. The molecule has 1 aromatic carbocycles. The zero-order chi connectivity index (χ0) is 14.0. The monoisotopic (exact) mass is 396 g/mol. The minimum absolute atomic E-state index is 0.194. The van der Waals surface area contributed by atoms with Gasteiger partial charge in [-0.1, -0.05) is 0 Å². The van der Waals surface area contributed by atoms with Crippen molar-refractivity contribution in [3.63, 3.8) is 0 Å². The second-order valence-corrected chi connectivity index (χ2v) is 5.32. The molecular formula is C12H11ClFIN2O2. The molecule has 0 aliphatic rings. The molecule has 0 fully saturated rings. The zero-order valence-electron chi connectivity index (χ0n) is 10.1. The molecule has 0 unspecified atom stereocenters. The third-order valence-corrected chi connectivity index (χ3v) is 3.82. The van der Waals surface area contributed by atoms with E-state index in [2.05, 4.69) is 9.72 Å². The molecule has 0 saturated carbocycles. The van der Waals surface area contributed by atoms with Gasteiger partial charge >= 0.3 is 5.97 Å². The van der Waals surface area contributed by atoms with Gasteiger partial charge in [0.15, 0.2) is 0 Å². The lowest BCUT2D eigenvalue weighted by atomic mass is 10.3. The average Bonchev–Trinajstić information content (AvgIpc) is 2.73. The summed E-state index contributed by atoms with van der Waals surface area (Å²) in [7, 11) is 1.33. The fourth-order valence-corrected chi connectivity index (χ4v) is 2.48. The van der Waals surface area contributed by atoms with Crippen molar-refractivity contribution in [3.8, 4) is 0 Å². The van der Waals surface area contributed by atoms with Crippen molar-refractivity contribution in [1.82, 2.24) is 9.55 Å². The van der Waals surface area contributed by atoms with E-state index in [0.717, 1.165) is 0 Å². The first-order valence-electron chi connectivity index (χ1n) is 5.53. The number of aromatic nitrogens is 2. The third kappa shape index (κ3) is 3.00. The van der Waals surface area contributed by atoms with Crippen LogP contribution in [0.2, 0.25) is 0 Å². The minimum Gasteiger partial charge on any atom is -0.469 e. The van der Waals surface area contributed by atoms with Crippen LogP contribution in [0.4, 0.5) is 4.39 Å². The summed E-state index contributed by atoms with van der Waals surface area (Å²) in [6.45, 7) is 0.366. The van der Waals surface area contributed by atoms with Crippen molar-refractivity contribution in [2.24, 2.45) is 0 Å². The maximum absolute atomic E-state index is 13.6. The van der Waals surface area contributed by atoms with Gasteiger partial charge in [-0.25, -0.2) is 9.37 Å². The Balaban J connectivity index is 2.44. The van der Waals surface area contributed by atoms with E-state index in [0.29, 0.717) is 27.0 Å². The molecule has 0 N–H and O–H groups in total. The molecule has 2 aromatic rings. The van der Waals surface area contributed by atoms with Crippen LogP contribution in [-0.4, -0.2) is 22.6 Å². The van der Waals surface area contributed by atoms with Crippen molar-refractivity contribution in [1.29, 1.82) is 0 Å². The van der Waals surface area contributed by atoms with E-state index in [1.54, 1.807) is 10.6 Å². The second kappa shape index (κ2) is 6.04. The molecule has 0 aliphatic carbocycles. The first-order valence-corrected chi connectivity index (χ1v) is 7.15. The Morgan fingerprint density at radius 1 is 1.58 bits per heavy atom. The van der Waals surface area contributed by atoms with Gasteiger partial charge in [0.1, 0.15) is 11.6 Å². The molecule has 0 spiro atoms. The fourth-order valence-electron chi connectivity index (χ4n) is 1.83. The van der Waals surface area contributed by atoms with Crippen LogP contribution in [0.1, 0.15) is 12.2 Å². The number of alkyl halides is 1. The topological polar surface area (TPSA) is 44.1 Å². The van der Waals surface area contributed by atoms with Gasteiger partial charge in [0.05, 0.1) is 34.0 Å². The summed E-state index contributed by atoms with van der Waals surface area (Å²) in [5.74, 6) is 0.178. The number of methoxy groups -OCH3 is 1. The van der Waals surface area contributed by atoms with Crippen molar-refractivity contribution in [2.45, 2.75) is 18.8 Å². The molecule has 0 saturated heterocycles. The molecule has 102 valence electrons. The van der Waals surface area contributed by atoms with Crippen LogP contribution in [0.25, 0.3) is 11.0 Å². The lowest BCUT2D eigenvalue weighted by molar-refractivity contribution is -0.140. The highest BCUT2D eigenvalue weighted by Gasteiger charge is 2.14. The normalized spacial score (nSPS) is 10.9. The largest absolute Gasteiger partial charge is 0.469 e. The number of imidazole rings is 1. The Kier molecular flexibility index (Phi) is 4.62. The van der Waals surface area contributed by atoms with Crippen LogP contribution in [0.3, 0.4) is 0 Å². The van der Waals surface area contributed by atoms with Crippen molar-refractivity contribution in [3.05, 3.63) is 27.3 Å². The van der Waals surface area contributed by atoms with E-state index < -0.39 is 0 Å². The van der Waals surface area contributed by atoms with E-state index in [1.165, 1.54) is 13.2 Å². The van der Waals surface area contributed by atoms with Crippen LogP contribution in [0.15, 0.2) is 12.1 Å². The highest BCUT2D eigenvalue weighted by molar-refractivity contribution is 14.1. The predicted molar refractivity (Wildman–Crippen MR) is 78.6 cm³/mol. The number of esters is 1. The number of carbonyl (C=O) groups excluding carboxylic acids is 1. The average molecular weight is 397 g/mol. The summed E-state index contributed by atoms with van der Waals surface area (Å²) < 4.78 is 20.5. The maximum Gasteiger partial charge on any atom is 0.307 e. The van der Waals surface area contributed by atoms with Gasteiger partial charge < -0.3 is 9.30 Å². The van der Waals surface area contributed by atoms with Crippen LogP contribution in [0.5, 0.6) is 0 Å². The number of nitrogens with zero attached hydrogens (tertiary/aromatic N) is 2. The smallest absolute Gasteiger partial charge is 0.307 e. The summed E-state index contributed by atoms with van der Waals surface area (Å²) in [6.07, 6.45) is 0.194. The number of carbonyl (C=O) groups is 1. The number of fused-ring (bicyclic) bond motifs is 1. The SMILES string of the molecule is COC(=O)CCn1c(CCl)nc2cc(I)c(F)cc21. The van der Waals surface area contributed by atoms with E-state index in [1.807, 2.05) is 22.6 Å². The van der Waals surface area contributed by atoms with E-state index in [9.17, 15) is 9.18 Å². The molecule has 0 atom stereocenters. The highest BCUT2D eigenvalue weighted by Crippen LogP contribution is 2.23. The predicted octanol–water partition coefficient (Wildman–Crippen LogP) is 3.08. The van der Waals surface area contributed by atoms with Gasteiger partial charge in [0.25, 0.3) is 0 Å². The molecule has 0 radical (unpaired) electrons. The fraction of sp³-hybridized carbons (Fsp3) is 0.333. The highest BCUT2D eigenvalue weighted by atomic mass is 127. The van der Waals surface area contributed by atoms with Gasteiger partial charge in [-0.3, -0.25) is 4.79 Å². The molecule has 2 rings (SSSR count). The Morgan fingerprint density at radius 3 is 2.95 bits per heavy atom. The Hall–Kier alpha value is -0.890. The summed E-state index contributed by atoms with van der Waals surface area (Å²) in [4.78, 5) is 15.5. The summed E-state index contributed by atoms with van der Waals surface area (Å²) in [6, 6.07) is 3.08. The molecule has 0 amide bonds. The van der Waals surface area contributed by atoms with Crippen molar-refractivity contribution in [2.75, 3.05) is 7.11 Å². The second-order valence-electron chi connectivity index (χ2n) is 3.89. The molecular weight excluding hydrogens is 385 g/mol. The molecule has 4 nitrogen and oxygen atoms in total. The van der Waals surface area contributed by atoms with Crippen molar-refractivity contribution < 1.29 is 13.9 Å². The van der Waals surface area contributed by atoms with Crippen LogP contribution in [0, 0.1) is 9.39 Å². The van der Waals surface area contributed by atoms with Gasteiger partial charge in [0, 0.05) is 12.6 Å². The van der Waals surface area contributed by atoms with Gasteiger partial charge in [0.2, 0.25) is 0 Å². The Labute approximate surface area is 128 Å². The summed E-state index contributed by atoms with van der Waals surface area (Å²) in [5.41, 5.74) is 1.31. The molecule has 1 heterocycles. The van der Waals surface area contributed by atoms with E-state index >= 15 is 0 Å². The number of ether oxygens (including phenoxy) is 1. The molecule has 19 heavy (non-hydrogen) atoms. The van der Waals surface area contributed by atoms with Crippen LogP contribution < -0.4 is 0 Å². The quantitative estimate of drug-likeness (QED) is 0.453. The number of rotatable bonds is 4. The number of hydrogen-bond donors (Lipinski definition) is 0. The first-order chi connectivity index (χ1) is 9.06. The number of halogens is 3. The summed E-state index contributed by atoms with van der Waals surface area (Å²) >= 11 is 7.75. The van der Waals surface area contributed by atoms with E-state index in [4.69, 9.17) is 11.6 Å².